The highest BCUT2D eigenvalue weighted by molar-refractivity contribution is 5.98. The molecule has 1 saturated carbocycles. The number of para-hydroxylation sites is 1. The summed E-state index contributed by atoms with van der Waals surface area (Å²) in [5, 5.41) is 6.17. The molecule has 0 unspecified atom stereocenters. The number of ether oxygens (including phenoxy) is 1. The number of halogens is 1. The second-order valence-corrected chi connectivity index (χ2v) is 8.07. The molecule has 0 spiro atoms. The Kier molecular flexibility index (Phi) is 6.69. The van der Waals surface area contributed by atoms with Crippen molar-refractivity contribution in [1.29, 1.82) is 0 Å². The van der Waals surface area contributed by atoms with Crippen molar-refractivity contribution in [3.05, 3.63) is 60.2 Å². The molecule has 4 rings (SSSR count). The van der Waals surface area contributed by atoms with E-state index < -0.39 is 11.7 Å². The van der Waals surface area contributed by atoms with Gasteiger partial charge in [0, 0.05) is 29.4 Å². The van der Waals surface area contributed by atoms with E-state index in [2.05, 4.69) is 20.6 Å². The molecular formula is C24H27FN6O2. The van der Waals surface area contributed by atoms with Crippen LogP contribution in [0.25, 0.3) is 11.1 Å². The zero-order chi connectivity index (χ0) is 23.4. The van der Waals surface area contributed by atoms with Crippen LogP contribution in [-0.2, 0) is 0 Å². The second-order valence-electron chi connectivity index (χ2n) is 8.07. The Morgan fingerprint density at radius 2 is 1.94 bits per heavy atom. The summed E-state index contributed by atoms with van der Waals surface area (Å²) in [5.41, 5.74) is 13.8. The summed E-state index contributed by atoms with van der Waals surface area (Å²) in [6.07, 6.45) is 7.04. The highest BCUT2D eigenvalue weighted by Gasteiger charge is 2.24. The number of amides is 1. The largest absolute Gasteiger partial charge is 0.496 e. The minimum absolute atomic E-state index is 0.0266. The summed E-state index contributed by atoms with van der Waals surface area (Å²) < 4.78 is 20.2. The number of aromatic nitrogens is 2. The molecule has 3 aromatic rings. The summed E-state index contributed by atoms with van der Waals surface area (Å²) in [6, 6.07) is 10.3. The second kappa shape index (κ2) is 9.83. The lowest BCUT2D eigenvalue weighted by molar-refractivity contribution is 0.100. The van der Waals surface area contributed by atoms with Crippen LogP contribution in [-0.4, -0.2) is 35.1 Å². The molecule has 1 aromatic carbocycles. The Balaban J connectivity index is 1.66. The van der Waals surface area contributed by atoms with Crippen LogP contribution >= 0.6 is 0 Å². The van der Waals surface area contributed by atoms with Gasteiger partial charge in [-0.2, -0.15) is 0 Å². The summed E-state index contributed by atoms with van der Waals surface area (Å²) in [5.74, 6) is -0.593. The number of anilines is 3. The minimum Gasteiger partial charge on any atom is -0.496 e. The van der Waals surface area contributed by atoms with Gasteiger partial charge >= 0.3 is 0 Å². The third-order valence-corrected chi connectivity index (χ3v) is 5.80. The molecule has 0 aliphatic heterocycles. The average Bonchev–Trinajstić information content (AvgIpc) is 2.82. The number of methoxy groups -OCH3 is 1. The molecule has 0 radical (unpaired) electrons. The van der Waals surface area contributed by atoms with Gasteiger partial charge in [-0.15, -0.1) is 0 Å². The van der Waals surface area contributed by atoms with E-state index in [0.717, 1.165) is 42.9 Å². The van der Waals surface area contributed by atoms with E-state index in [4.69, 9.17) is 16.2 Å². The number of carbonyl (C=O) groups excluding carboxylic acids is 1. The molecule has 1 amide bonds. The van der Waals surface area contributed by atoms with E-state index in [1.54, 1.807) is 19.5 Å². The van der Waals surface area contributed by atoms with Gasteiger partial charge in [0.05, 0.1) is 24.6 Å². The zero-order valence-electron chi connectivity index (χ0n) is 18.3. The number of benzene rings is 1. The SMILES string of the molecule is COc1ccccc1-c1cncc(Nc2nc(N[C@@H]3CCCC[C@@H]3N)c(F)cc2C(N)=O)c1. The molecule has 1 aliphatic rings. The van der Waals surface area contributed by atoms with Crippen molar-refractivity contribution in [2.75, 3.05) is 17.7 Å². The van der Waals surface area contributed by atoms with Crippen molar-refractivity contribution in [2.24, 2.45) is 11.5 Å². The van der Waals surface area contributed by atoms with Crippen molar-refractivity contribution in [3.63, 3.8) is 0 Å². The number of nitrogens with one attached hydrogen (secondary N) is 2. The van der Waals surface area contributed by atoms with Gasteiger partial charge in [-0.05, 0) is 31.0 Å². The van der Waals surface area contributed by atoms with Gasteiger partial charge < -0.3 is 26.8 Å². The van der Waals surface area contributed by atoms with Crippen LogP contribution in [0.5, 0.6) is 5.75 Å². The van der Waals surface area contributed by atoms with E-state index in [1.807, 2.05) is 30.3 Å². The average molecular weight is 451 g/mol. The third kappa shape index (κ3) is 5.04. The number of nitrogens with two attached hydrogens (primary N) is 2. The number of hydrogen-bond acceptors (Lipinski definition) is 7. The molecule has 2 heterocycles. The van der Waals surface area contributed by atoms with Crippen molar-refractivity contribution in [1.82, 2.24) is 9.97 Å². The summed E-state index contributed by atoms with van der Waals surface area (Å²) in [6.45, 7) is 0. The fourth-order valence-electron chi connectivity index (χ4n) is 4.06. The third-order valence-electron chi connectivity index (χ3n) is 5.80. The molecule has 1 fully saturated rings. The summed E-state index contributed by atoms with van der Waals surface area (Å²) in [4.78, 5) is 20.6. The normalized spacial score (nSPS) is 17.9. The van der Waals surface area contributed by atoms with Gasteiger partial charge in [0.1, 0.15) is 11.6 Å². The van der Waals surface area contributed by atoms with Gasteiger partial charge in [0.25, 0.3) is 5.91 Å². The van der Waals surface area contributed by atoms with E-state index in [9.17, 15) is 9.18 Å². The highest BCUT2D eigenvalue weighted by Crippen LogP contribution is 2.32. The smallest absolute Gasteiger partial charge is 0.252 e. The van der Waals surface area contributed by atoms with Gasteiger partial charge in [0.15, 0.2) is 11.6 Å². The maximum Gasteiger partial charge on any atom is 0.252 e. The number of pyridine rings is 2. The molecular weight excluding hydrogens is 423 g/mol. The lowest BCUT2D eigenvalue weighted by atomic mass is 9.91. The zero-order valence-corrected chi connectivity index (χ0v) is 18.3. The number of carbonyl (C=O) groups is 1. The molecule has 2 aromatic heterocycles. The van der Waals surface area contributed by atoms with Crippen LogP contribution in [0, 0.1) is 5.82 Å². The Morgan fingerprint density at radius 1 is 1.15 bits per heavy atom. The number of primary amides is 1. The number of rotatable bonds is 7. The predicted molar refractivity (Wildman–Crippen MR) is 126 cm³/mol. The van der Waals surface area contributed by atoms with Gasteiger partial charge in [-0.1, -0.05) is 31.0 Å². The lowest BCUT2D eigenvalue weighted by Gasteiger charge is -2.30. The van der Waals surface area contributed by atoms with Crippen molar-refractivity contribution >= 4 is 23.2 Å². The Bertz CT molecular complexity index is 1160. The van der Waals surface area contributed by atoms with Crippen molar-refractivity contribution in [2.45, 2.75) is 37.8 Å². The van der Waals surface area contributed by atoms with Crippen molar-refractivity contribution in [3.8, 4) is 16.9 Å². The minimum atomic E-state index is -0.793. The molecule has 0 bridgehead atoms. The monoisotopic (exact) mass is 450 g/mol. The van der Waals surface area contributed by atoms with E-state index in [0.29, 0.717) is 11.4 Å². The van der Waals surface area contributed by atoms with Crippen LogP contribution < -0.4 is 26.8 Å². The predicted octanol–water partition coefficient (Wildman–Crippen LogP) is 3.82. The molecule has 2 atom stereocenters. The van der Waals surface area contributed by atoms with E-state index in [1.165, 1.54) is 0 Å². The Morgan fingerprint density at radius 3 is 2.70 bits per heavy atom. The molecule has 8 nitrogen and oxygen atoms in total. The van der Waals surface area contributed by atoms with Crippen LogP contribution in [0.4, 0.5) is 21.7 Å². The first-order valence-corrected chi connectivity index (χ1v) is 10.8. The summed E-state index contributed by atoms with van der Waals surface area (Å²) >= 11 is 0. The quantitative estimate of drug-likeness (QED) is 0.431. The van der Waals surface area contributed by atoms with E-state index in [-0.39, 0.29) is 29.3 Å². The standard InChI is InChI=1S/C24H27FN6O2/c1-33-21-9-5-2-6-16(21)14-10-15(13-28-12-14)29-23-17(22(27)32)11-18(25)24(31-23)30-20-8-4-3-7-19(20)26/h2,5-6,9-13,19-20H,3-4,7-8,26H2,1H3,(H2,27,32)(H2,29,30,31)/t19-,20+/m0/s1. The first-order chi connectivity index (χ1) is 16.0. The fraction of sp³-hybridized carbons (Fsp3) is 0.292. The fourth-order valence-corrected chi connectivity index (χ4v) is 4.06. The highest BCUT2D eigenvalue weighted by atomic mass is 19.1. The van der Waals surface area contributed by atoms with Gasteiger partial charge in [0.2, 0.25) is 0 Å². The topological polar surface area (TPSA) is 128 Å². The number of hydrogen-bond donors (Lipinski definition) is 4. The molecule has 33 heavy (non-hydrogen) atoms. The van der Waals surface area contributed by atoms with Crippen LogP contribution in [0.15, 0.2) is 48.8 Å². The molecule has 0 saturated heterocycles. The number of nitrogens with zero attached hydrogens (tertiary/aromatic N) is 2. The summed E-state index contributed by atoms with van der Waals surface area (Å²) in [7, 11) is 1.60. The van der Waals surface area contributed by atoms with Crippen LogP contribution in [0.1, 0.15) is 36.0 Å². The Labute approximate surface area is 191 Å². The molecule has 9 heteroatoms. The molecule has 172 valence electrons. The van der Waals surface area contributed by atoms with Crippen LogP contribution in [0.3, 0.4) is 0 Å². The first-order valence-electron chi connectivity index (χ1n) is 10.8. The maximum atomic E-state index is 14.8. The lowest BCUT2D eigenvalue weighted by Crippen LogP contribution is -2.43. The van der Waals surface area contributed by atoms with E-state index >= 15 is 0 Å². The maximum absolute atomic E-state index is 14.8. The van der Waals surface area contributed by atoms with Crippen LogP contribution in [0.2, 0.25) is 0 Å². The molecule has 1 aliphatic carbocycles. The van der Waals surface area contributed by atoms with Crippen molar-refractivity contribution < 1.29 is 13.9 Å². The molecule has 6 N–H and O–H groups in total. The van der Waals surface area contributed by atoms with Gasteiger partial charge in [-0.25, -0.2) is 9.37 Å². The van der Waals surface area contributed by atoms with Gasteiger partial charge in [-0.3, -0.25) is 9.78 Å². The Hall–Kier alpha value is -3.72. The first kappa shape index (κ1) is 22.5.